The Balaban J connectivity index is 0.000000856. The van der Waals surface area contributed by atoms with Crippen molar-refractivity contribution in [1.82, 2.24) is 10.6 Å². The van der Waals surface area contributed by atoms with E-state index in [2.05, 4.69) is 10.6 Å². The lowest BCUT2D eigenvalue weighted by Crippen LogP contribution is -2.29. The maximum absolute atomic E-state index is 12.0. The summed E-state index contributed by atoms with van der Waals surface area (Å²) in [7, 11) is 0. The maximum atomic E-state index is 12.0. The smallest absolute Gasteiger partial charge is 0.475 e. The molecule has 0 atom stereocenters. The van der Waals surface area contributed by atoms with E-state index in [4.69, 9.17) is 35.6 Å². The average molecular weight is 531 g/mol. The molecule has 0 spiro atoms. The fourth-order valence-electron chi connectivity index (χ4n) is 2.47. The first kappa shape index (κ1) is 31.0. The van der Waals surface area contributed by atoms with Gasteiger partial charge in [-0.25, -0.2) is 9.59 Å². The summed E-state index contributed by atoms with van der Waals surface area (Å²) in [6, 6.07) is 14.1. The van der Waals surface area contributed by atoms with Crippen LogP contribution in [0.3, 0.4) is 0 Å². The van der Waals surface area contributed by atoms with E-state index in [1.807, 2.05) is 30.3 Å². The number of carbonyl (C=O) groups excluding carboxylic acids is 2. The second-order valence-electron chi connectivity index (χ2n) is 7.16. The maximum Gasteiger partial charge on any atom is 0.490 e. The molecule has 0 aliphatic carbocycles. The topological polar surface area (TPSA) is 175 Å². The molecular formula is C23H29F3N4O7. The van der Waals surface area contributed by atoms with E-state index in [0.29, 0.717) is 56.5 Å². The Morgan fingerprint density at radius 2 is 1.35 bits per heavy atom. The molecule has 2 amide bonds. The quantitative estimate of drug-likeness (QED) is 0.203. The number of carbonyl (C=O) groups is 3. The minimum atomic E-state index is -5.08. The highest BCUT2D eigenvalue weighted by atomic mass is 19.4. The molecule has 7 N–H and O–H groups in total. The van der Waals surface area contributed by atoms with Gasteiger partial charge in [-0.1, -0.05) is 30.3 Å². The Morgan fingerprint density at radius 1 is 0.838 bits per heavy atom. The zero-order valence-electron chi connectivity index (χ0n) is 19.8. The van der Waals surface area contributed by atoms with Crippen molar-refractivity contribution in [3.05, 3.63) is 59.7 Å². The number of carboxylic acids is 1. The van der Waals surface area contributed by atoms with Gasteiger partial charge in [-0.2, -0.15) is 13.2 Å². The number of alkyl halides is 3. The molecule has 11 nitrogen and oxygen atoms in total. The van der Waals surface area contributed by atoms with Gasteiger partial charge >= 0.3 is 18.2 Å². The Bertz CT molecular complexity index is 972. The van der Waals surface area contributed by atoms with Gasteiger partial charge < -0.3 is 41.4 Å². The summed E-state index contributed by atoms with van der Waals surface area (Å²) in [6.07, 6.45) is -5.57. The first-order valence-corrected chi connectivity index (χ1v) is 10.8. The van der Waals surface area contributed by atoms with E-state index >= 15 is 0 Å². The van der Waals surface area contributed by atoms with Crippen LogP contribution in [-0.4, -0.2) is 68.8 Å². The number of nitrogens with two attached hydrogens (primary N) is 2. The summed E-state index contributed by atoms with van der Waals surface area (Å²) < 4.78 is 47.6. The van der Waals surface area contributed by atoms with Crippen molar-refractivity contribution in [2.75, 3.05) is 51.0 Å². The van der Waals surface area contributed by atoms with Crippen molar-refractivity contribution < 1.29 is 46.9 Å². The van der Waals surface area contributed by atoms with Crippen molar-refractivity contribution in [3.8, 4) is 0 Å². The van der Waals surface area contributed by atoms with Crippen LogP contribution in [0.1, 0.15) is 15.9 Å². The van der Waals surface area contributed by atoms with Crippen molar-refractivity contribution in [1.29, 1.82) is 0 Å². The third-order valence-corrected chi connectivity index (χ3v) is 4.11. The number of amides is 2. The molecule has 0 radical (unpaired) electrons. The number of alkyl carbamates (subject to hydrolysis) is 1. The fraction of sp³-hybridized carbons (Fsp3) is 0.348. The lowest BCUT2D eigenvalue weighted by Gasteiger charge is -2.09. The molecule has 204 valence electrons. The van der Waals surface area contributed by atoms with Gasteiger partial charge in [0.25, 0.3) is 5.91 Å². The van der Waals surface area contributed by atoms with Gasteiger partial charge in [0.1, 0.15) is 6.61 Å². The number of nitrogens with one attached hydrogen (secondary N) is 2. The summed E-state index contributed by atoms with van der Waals surface area (Å²) in [6.45, 7) is 2.35. The molecule has 0 saturated carbocycles. The van der Waals surface area contributed by atoms with Crippen LogP contribution >= 0.6 is 0 Å². The van der Waals surface area contributed by atoms with Crippen LogP contribution in [0.25, 0.3) is 0 Å². The number of benzene rings is 2. The third-order valence-electron chi connectivity index (χ3n) is 4.11. The molecule has 2 rings (SSSR count). The lowest BCUT2D eigenvalue weighted by molar-refractivity contribution is -0.192. The van der Waals surface area contributed by atoms with Crippen LogP contribution < -0.4 is 22.1 Å². The van der Waals surface area contributed by atoms with Crippen LogP contribution in [0, 0.1) is 0 Å². The molecule has 0 bridgehead atoms. The van der Waals surface area contributed by atoms with E-state index in [-0.39, 0.29) is 12.5 Å². The SMILES string of the molecule is Nc1cc(N)cc(C(=O)NCCOCCOCCNC(=O)OCc2ccccc2)c1.O=C(O)C(F)(F)F. The van der Waals surface area contributed by atoms with E-state index in [0.717, 1.165) is 5.56 Å². The molecule has 0 heterocycles. The van der Waals surface area contributed by atoms with Crippen molar-refractivity contribution in [3.63, 3.8) is 0 Å². The molecule has 37 heavy (non-hydrogen) atoms. The molecule has 2 aromatic rings. The van der Waals surface area contributed by atoms with E-state index in [1.165, 1.54) is 0 Å². The third kappa shape index (κ3) is 14.8. The highest BCUT2D eigenvalue weighted by molar-refractivity contribution is 5.96. The standard InChI is InChI=1S/C21H28N4O5.C2HF3O2/c22-18-12-17(13-19(23)14-18)20(26)24-6-8-28-10-11-29-9-7-25-21(27)30-15-16-4-2-1-3-5-16;3-2(4,5)1(6)7/h1-5,12-14H,6-11,15,22-23H2,(H,24,26)(H,25,27);(H,6,7). The second kappa shape index (κ2) is 16.6. The number of hydrogen-bond donors (Lipinski definition) is 5. The molecule has 0 fully saturated rings. The highest BCUT2D eigenvalue weighted by Crippen LogP contribution is 2.14. The van der Waals surface area contributed by atoms with Crippen LogP contribution in [0.2, 0.25) is 0 Å². The number of ether oxygens (including phenoxy) is 3. The van der Waals surface area contributed by atoms with Crippen LogP contribution in [-0.2, 0) is 25.6 Å². The largest absolute Gasteiger partial charge is 0.490 e. The van der Waals surface area contributed by atoms with Gasteiger partial charge in [0, 0.05) is 30.0 Å². The van der Waals surface area contributed by atoms with Crippen LogP contribution in [0.5, 0.6) is 0 Å². The predicted octanol–water partition coefficient (Wildman–Crippen LogP) is 2.17. The van der Waals surface area contributed by atoms with Gasteiger partial charge in [-0.05, 0) is 23.8 Å². The number of nitrogen functional groups attached to an aromatic ring is 2. The first-order valence-electron chi connectivity index (χ1n) is 10.8. The minimum Gasteiger partial charge on any atom is -0.475 e. The predicted molar refractivity (Wildman–Crippen MR) is 128 cm³/mol. The Kier molecular flexibility index (Phi) is 13.9. The summed E-state index contributed by atoms with van der Waals surface area (Å²) in [5.74, 6) is -3.02. The van der Waals surface area contributed by atoms with E-state index < -0.39 is 18.2 Å². The van der Waals surface area contributed by atoms with Gasteiger partial charge in [0.2, 0.25) is 0 Å². The van der Waals surface area contributed by atoms with Gasteiger partial charge in [-0.3, -0.25) is 4.79 Å². The van der Waals surface area contributed by atoms with E-state index in [9.17, 15) is 22.8 Å². The van der Waals surface area contributed by atoms with Crippen molar-refractivity contribution >= 4 is 29.3 Å². The summed E-state index contributed by atoms with van der Waals surface area (Å²) >= 11 is 0. The molecule has 0 unspecified atom stereocenters. The van der Waals surface area contributed by atoms with E-state index in [1.54, 1.807) is 18.2 Å². The minimum absolute atomic E-state index is 0.225. The Morgan fingerprint density at radius 3 is 1.86 bits per heavy atom. The molecule has 14 heteroatoms. The summed E-state index contributed by atoms with van der Waals surface area (Å²) in [5, 5.41) is 12.5. The number of anilines is 2. The number of carboxylic acid groups (broad SMARTS) is 1. The first-order chi connectivity index (χ1) is 17.5. The molecule has 2 aromatic carbocycles. The fourth-order valence-corrected chi connectivity index (χ4v) is 2.47. The van der Waals surface area contributed by atoms with Crippen molar-refractivity contribution in [2.45, 2.75) is 12.8 Å². The zero-order valence-corrected chi connectivity index (χ0v) is 19.8. The van der Waals surface area contributed by atoms with Crippen molar-refractivity contribution in [2.24, 2.45) is 0 Å². The molecule has 0 aliphatic heterocycles. The van der Waals surface area contributed by atoms with Crippen LogP contribution in [0.15, 0.2) is 48.5 Å². The lowest BCUT2D eigenvalue weighted by atomic mass is 10.1. The summed E-state index contributed by atoms with van der Waals surface area (Å²) in [4.78, 5) is 32.4. The zero-order chi connectivity index (χ0) is 27.7. The Labute approximate surface area is 210 Å². The number of hydrogen-bond acceptors (Lipinski definition) is 8. The highest BCUT2D eigenvalue weighted by Gasteiger charge is 2.38. The van der Waals surface area contributed by atoms with Crippen LogP contribution in [0.4, 0.5) is 29.3 Å². The number of halogens is 3. The van der Waals surface area contributed by atoms with Gasteiger partial charge in [0.15, 0.2) is 0 Å². The molecule has 0 aromatic heterocycles. The van der Waals surface area contributed by atoms with Gasteiger partial charge in [0.05, 0.1) is 26.4 Å². The number of aliphatic carboxylic acids is 1. The second-order valence-corrected chi connectivity index (χ2v) is 7.16. The summed E-state index contributed by atoms with van der Waals surface area (Å²) in [5.41, 5.74) is 13.5. The average Bonchev–Trinajstić information content (AvgIpc) is 2.83. The van der Waals surface area contributed by atoms with Gasteiger partial charge in [-0.15, -0.1) is 0 Å². The monoisotopic (exact) mass is 530 g/mol. The molecular weight excluding hydrogens is 501 g/mol. The molecule has 0 saturated heterocycles. The Hall–Kier alpha value is -4.04. The molecule has 0 aliphatic rings. The normalized spacial score (nSPS) is 10.6. The number of rotatable bonds is 12.